The van der Waals surface area contributed by atoms with E-state index in [-0.39, 0.29) is 46.0 Å². The molecule has 1 aliphatic rings. The van der Waals surface area contributed by atoms with E-state index in [2.05, 4.69) is 20.6 Å². The van der Waals surface area contributed by atoms with Crippen LogP contribution in [0.25, 0.3) is 11.3 Å². The molecule has 0 radical (unpaired) electrons. The lowest BCUT2D eigenvalue weighted by atomic mass is 10.0. The number of para-hydroxylation sites is 1. The maximum absolute atomic E-state index is 14.2. The van der Waals surface area contributed by atoms with Crippen molar-refractivity contribution >= 4 is 45.9 Å². The van der Waals surface area contributed by atoms with Crippen LogP contribution in [0.2, 0.25) is 0 Å². The summed E-state index contributed by atoms with van der Waals surface area (Å²) in [4.78, 5) is 48.5. The molecule has 3 heterocycles. The first kappa shape index (κ1) is 28.9. The Bertz CT molecular complexity index is 1670. The fourth-order valence-corrected chi connectivity index (χ4v) is 5.37. The fraction of sp³-hybridized carbons (Fsp3) is 0.226. The Morgan fingerprint density at radius 3 is 2.52 bits per heavy atom. The zero-order valence-electron chi connectivity index (χ0n) is 23.6. The van der Waals surface area contributed by atoms with Crippen molar-refractivity contribution in [1.82, 2.24) is 14.9 Å². The number of pyridine rings is 1. The minimum atomic E-state index is -0.654. The van der Waals surface area contributed by atoms with Crippen molar-refractivity contribution < 1.29 is 23.5 Å². The summed E-state index contributed by atoms with van der Waals surface area (Å²) >= 11 is 1.18. The van der Waals surface area contributed by atoms with Crippen molar-refractivity contribution in [1.29, 1.82) is 0 Å². The molecular formula is C31H30FN5O4S. The predicted octanol–water partition coefficient (Wildman–Crippen LogP) is 6.87. The van der Waals surface area contributed by atoms with Crippen molar-refractivity contribution in [3.63, 3.8) is 0 Å². The molecule has 4 aromatic rings. The van der Waals surface area contributed by atoms with Gasteiger partial charge in [0.05, 0.1) is 37.1 Å². The molecule has 11 heteroatoms. The van der Waals surface area contributed by atoms with Crippen molar-refractivity contribution in [3.8, 4) is 17.0 Å². The second kappa shape index (κ2) is 11.7. The normalized spacial score (nSPS) is 13.0. The van der Waals surface area contributed by atoms with Crippen LogP contribution in [0.4, 0.5) is 26.4 Å². The van der Waals surface area contributed by atoms with E-state index < -0.39 is 11.7 Å². The molecule has 0 atom stereocenters. The first-order valence-corrected chi connectivity index (χ1v) is 14.0. The largest absolute Gasteiger partial charge is 0.494 e. The first-order valence-electron chi connectivity index (χ1n) is 13.2. The Hall–Kier alpha value is -4.64. The van der Waals surface area contributed by atoms with E-state index in [0.29, 0.717) is 28.2 Å². The highest BCUT2D eigenvalue weighted by atomic mass is 32.2. The standard InChI is InChI=1S/C31H30FN5O4S/c1-31(2,3)42-30(40)37-16-22-26(23(38)17-37)28(34-20-8-6-5-7-9-20)27(35-22)18-12-13-33-25(15-18)36-29(39)19-10-11-24(41-4)21(32)14-19/h5-15,34-35H,16-17H2,1-4H3,(H,33,36,39). The zero-order valence-corrected chi connectivity index (χ0v) is 24.4. The number of H-pyrrole nitrogens is 1. The number of nitrogens with zero attached hydrogens (tertiary/aromatic N) is 2. The molecule has 0 fully saturated rings. The molecule has 2 amide bonds. The molecule has 0 spiro atoms. The number of rotatable bonds is 6. The smallest absolute Gasteiger partial charge is 0.282 e. The molecule has 0 aliphatic carbocycles. The third-order valence-corrected chi connectivity index (χ3v) is 7.48. The highest BCUT2D eigenvalue weighted by Crippen LogP contribution is 2.39. The van der Waals surface area contributed by atoms with Crippen LogP contribution >= 0.6 is 11.8 Å². The van der Waals surface area contributed by atoms with Gasteiger partial charge in [-0.3, -0.25) is 14.4 Å². The number of carbonyl (C=O) groups excluding carboxylic acids is 3. The monoisotopic (exact) mass is 587 g/mol. The van der Waals surface area contributed by atoms with Crippen LogP contribution < -0.4 is 15.4 Å². The summed E-state index contributed by atoms with van der Waals surface area (Å²) in [6.07, 6.45) is 1.53. The SMILES string of the molecule is COc1ccc(C(=O)Nc2cc(-c3[nH]c4c(c3Nc3ccccc3)C(=O)CN(C(=O)SC(C)(C)C)C4)ccn2)cc1F. The van der Waals surface area contributed by atoms with Gasteiger partial charge in [0.2, 0.25) is 0 Å². The van der Waals surface area contributed by atoms with Gasteiger partial charge in [-0.2, -0.15) is 0 Å². The summed E-state index contributed by atoms with van der Waals surface area (Å²) in [5.41, 5.74) is 3.78. The number of amides is 2. The highest BCUT2D eigenvalue weighted by Gasteiger charge is 2.34. The Kier molecular flexibility index (Phi) is 8.04. The van der Waals surface area contributed by atoms with Crippen molar-refractivity contribution in [2.45, 2.75) is 32.1 Å². The van der Waals surface area contributed by atoms with Gasteiger partial charge in [0, 0.05) is 33.5 Å². The van der Waals surface area contributed by atoms with Gasteiger partial charge in [-0.15, -0.1) is 0 Å². The number of ether oxygens (including phenoxy) is 1. The number of hydrogen-bond donors (Lipinski definition) is 3. The van der Waals surface area contributed by atoms with Gasteiger partial charge >= 0.3 is 0 Å². The number of benzene rings is 2. The third kappa shape index (κ3) is 6.31. The van der Waals surface area contributed by atoms with Gasteiger partial charge in [-0.25, -0.2) is 9.37 Å². The second-order valence-electron chi connectivity index (χ2n) is 10.7. The van der Waals surface area contributed by atoms with E-state index >= 15 is 0 Å². The number of nitrogens with one attached hydrogen (secondary N) is 3. The minimum Gasteiger partial charge on any atom is -0.494 e. The molecule has 9 nitrogen and oxygen atoms in total. The van der Waals surface area contributed by atoms with Crippen molar-refractivity contribution in [3.05, 3.63) is 89.5 Å². The maximum Gasteiger partial charge on any atom is 0.282 e. The van der Waals surface area contributed by atoms with Crippen LogP contribution in [0.1, 0.15) is 47.2 Å². The van der Waals surface area contributed by atoms with Gasteiger partial charge in [0.1, 0.15) is 5.82 Å². The number of aromatic nitrogens is 2. The average molecular weight is 588 g/mol. The lowest BCUT2D eigenvalue weighted by Crippen LogP contribution is -2.38. The number of anilines is 3. The molecule has 2 aromatic heterocycles. The summed E-state index contributed by atoms with van der Waals surface area (Å²) < 4.78 is 18.8. The van der Waals surface area contributed by atoms with Gasteiger partial charge in [0.15, 0.2) is 17.3 Å². The van der Waals surface area contributed by atoms with Crippen LogP contribution in [0.3, 0.4) is 0 Å². The molecule has 0 saturated heterocycles. The fourth-order valence-electron chi connectivity index (χ4n) is 4.59. The Labute approximate surface area is 246 Å². The predicted molar refractivity (Wildman–Crippen MR) is 162 cm³/mol. The Morgan fingerprint density at radius 1 is 1.07 bits per heavy atom. The van der Waals surface area contributed by atoms with Gasteiger partial charge < -0.3 is 25.3 Å². The van der Waals surface area contributed by atoms with Crippen LogP contribution in [0.5, 0.6) is 5.75 Å². The molecule has 0 unspecified atom stereocenters. The molecule has 0 bridgehead atoms. The van der Waals surface area contributed by atoms with Crippen LogP contribution in [0.15, 0.2) is 66.9 Å². The van der Waals surface area contributed by atoms with Crippen LogP contribution in [0, 0.1) is 5.82 Å². The first-order chi connectivity index (χ1) is 20.0. The molecule has 0 saturated carbocycles. The highest BCUT2D eigenvalue weighted by molar-refractivity contribution is 8.14. The number of hydrogen-bond acceptors (Lipinski definition) is 7. The number of ketones is 1. The van der Waals surface area contributed by atoms with E-state index in [1.807, 2.05) is 51.1 Å². The van der Waals surface area contributed by atoms with E-state index in [4.69, 9.17) is 4.74 Å². The second-order valence-corrected chi connectivity index (χ2v) is 12.5. The number of halogens is 1. The summed E-state index contributed by atoms with van der Waals surface area (Å²) in [6, 6.07) is 16.8. The number of carbonyl (C=O) groups is 3. The number of thioether (sulfide) groups is 1. The summed E-state index contributed by atoms with van der Waals surface area (Å²) in [6.45, 7) is 6.06. The molecule has 3 N–H and O–H groups in total. The van der Waals surface area contributed by atoms with E-state index in [1.54, 1.807) is 17.0 Å². The summed E-state index contributed by atoms with van der Waals surface area (Å²) in [7, 11) is 1.35. The number of Topliss-reactive ketones (excluding diaryl/α,β-unsaturated/α-hetero) is 1. The Balaban J connectivity index is 1.49. The summed E-state index contributed by atoms with van der Waals surface area (Å²) in [5, 5.41) is 5.91. The lowest BCUT2D eigenvalue weighted by Gasteiger charge is -2.28. The van der Waals surface area contributed by atoms with E-state index in [1.165, 1.54) is 37.2 Å². The number of fused-ring (bicyclic) bond motifs is 1. The third-order valence-electron chi connectivity index (χ3n) is 6.44. The van der Waals surface area contributed by atoms with Gasteiger partial charge in [-0.05, 0) is 42.5 Å². The molecule has 42 heavy (non-hydrogen) atoms. The molecular weight excluding hydrogens is 557 g/mol. The maximum atomic E-state index is 14.2. The quantitative estimate of drug-likeness (QED) is 0.225. The lowest BCUT2D eigenvalue weighted by molar-refractivity contribution is 0.0930. The molecule has 1 aliphatic heterocycles. The van der Waals surface area contributed by atoms with E-state index in [9.17, 15) is 18.8 Å². The topological polar surface area (TPSA) is 116 Å². The Morgan fingerprint density at radius 2 is 1.83 bits per heavy atom. The van der Waals surface area contributed by atoms with Crippen molar-refractivity contribution in [2.75, 3.05) is 24.3 Å². The number of aromatic amines is 1. The van der Waals surface area contributed by atoms with Crippen LogP contribution in [-0.4, -0.2) is 50.2 Å². The van der Waals surface area contributed by atoms with Gasteiger partial charge in [0.25, 0.3) is 11.1 Å². The molecule has 2 aromatic carbocycles. The zero-order chi connectivity index (χ0) is 30.0. The van der Waals surface area contributed by atoms with Crippen LogP contribution in [-0.2, 0) is 6.54 Å². The minimum absolute atomic E-state index is 0.0349. The average Bonchev–Trinajstić information content (AvgIpc) is 3.31. The molecule has 5 rings (SSSR count). The summed E-state index contributed by atoms with van der Waals surface area (Å²) in [5.74, 6) is -1.12. The molecule has 216 valence electrons. The van der Waals surface area contributed by atoms with Crippen molar-refractivity contribution in [2.24, 2.45) is 0 Å². The van der Waals surface area contributed by atoms with E-state index in [0.717, 1.165) is 11.8 Å². The van der Waals surface area contributed by atoms with Gasteiger partial charge in [-0.1, -0.05) is 50.7 Å². The number of methoxy groups -OCH3 is 1.